The van der Waals surface area contributed by atoms with Gasteiger partial charge in [-0.25, -0.2) is 4.98 Å². The van der Waals surface area contributed by atoms with Crippen LogP contribution < -0.4 is 5.32 Å². The summed E-state index contributed by atoms with van der Waals surface area (Å²) < 4.78 is 5.43. The van der Waals surface area contributed by atoms with Gasteiger partial charge in [0.2, 0.25) is 17.7 Å². The molecule has 1 aliphatic rings. The number of nitrogens with zero attached hydrogens (tertiary/aromatic N) is 4. The molecule has 0 saturated carbocycles. The van der Waals surface area contributed by atoms with Crippen LogP contribution in [0.25, 0.3) is 0 Å². The number of hydrogen-bond acceptors (Lipinski definition) is 7. The van der Waals surface area contributed by atoms with Crippen molar-refractivity contribution in [2.24, 2.45) is 5.92 Å². The van der Waals surface area contributed by atoms with E-state index in [-0.39, 0.29) is 5.91 Å². The quantitative estimate of drug-likeness (QED) is 0.811. The normalized spacial score (nSPS) is 16.2. The summed E-state index contributed by atoms with van der Waals surface area (Å²) >= 11 is 1.63. The summed E-state index contributed by atoms with van der Waals surface area (Å²) in [5.41, 5.74) is 2.88. The predicted octanol–water partition coefficient (Wildman–Crippen LogP) is 2.10. The lowest BCUT2D eigenvalue weighted by molar-refractivity contribution is -0.121. The second kappa shape index (κ2) is 8.53. The van der Waals surface area contributed by atoms with Crippen LogP contribution in [0.15, 0.2) is 9.93 Å². The zero-order chi connectivity index (χ0) is 17.6. The zero-order valence-corrected chi connectivity index (χ0v) is 15.6. The number of aromatic nitrogens is 3. The van der Waals surface area contributed by atoms with Crippen LogP contribution >= 0.6 is 11.3 Å². The first-order valence-electron chi connectivity index (χ1n) is 8.77. The summed E-state index contributed by atoms with van der Waals surface area (Å²) in [5, 5.41) is 11.0. The Labute approximate surface area is 151 Å². The van der Waals surface area contributed by atoms with Crippen molar-refractivity contribution in [1.29, 1.82) is 0 Å². The summed E-state index contributed by atoms with van der Waals surface area (Å²) in [7, 11) is 0. The SMILES string of the molecule is Cc1nnc(CN2CCC(CNC(=O)CCc3scnc3C)CC2)o1. The lowest BCUT2D eigenvalue weighted by Gasteiger charge is -2.31. The van der Waals surface area contributed by atoms with Gasteiger partial charge in [0.1, 0.15) is 0 Å². The topological polar surface area (TPSA) is 84.2 Å². The molecule has 2 aromatic rings. The van der Waals surface area contributed by atoms with E-state index in [9.17, 15) is 4.79 Å². The molecule has 1 amide bonds. The molecule has 136 valence electrons. The Morgan fingerprint density at radius 3 is 2.80 bits per heavy atom. The molecule has 0 radical (unpaired) electrons. The van der Waals surface area contributed by atoms with Crippen LogP contribution in [-0.4, -0.2) is 45.6 Å². The lowest BCUT2D eigenvalue weighted by atomic mass is 9.96. The van der Waals surface area contributed by atoms with Crippen LogP contribution in [0.2, 0.25) is 0 Å². The van der Waals surface area contributed by atoms with E-state index in [0.717, 1.165) is 44.6 Å². The van der Waals surface area contributed by atoms with Crippen LogP contribution in [0.3, 0.4) is 0 Å². The summed E-state index contributed by atoms with van der Waals surface area (Å²) in [5.74, 6) is 1.98. The minimum Gasteiger partial charge on any atom is -0.424 e. The Hall–Kier alpha value is -1.80. The van der Waals surface area contributed by atoms with Gasteiger partial charge in [0.05, 0.1) is 17.7 Å². The molecule has 1 N–H and O–H groups in total. The van der Waals surface area contributed by atoms with Gasteiger partial charge in [0.15, 0.2) is 0 Å². The Morgan fingerprint density at radius 1 is 1.36 bits per heavy atom. The summed E-state index contributed by atoms with van der Waals surface area (Å²) in [6.45, 7) is 7.29. The fourth-order valence-electron chi connectivity index (χ4n) is 3.08. The van der Waals surface area contributed by atoms with Crippen molar-refractivity contribution in [3.05, 3.63) is 27.9 Å². The average molecular weight is 363 g/mol. The molecule has 0 unspecified atom stereocenters. The van der Waals surface area contributed by atoms with Gasteiger partial charge in [0, 0.05) is 24.8 Å². The smallest absolute Gasteiger partial charge is 0.230 e. The van der Waals surface area contributed by atoms with Crippen molar-refractivity contribution < 1.29 is 9.21 Å². The van der Waals surface area contributed by atoms with Gasteiger partial charge >= 0.3 is 0 Å². The molecular weight excluding hydrogens is 338 g/mol. The maximum Gasteiger partial charge on any atom is 0.230 e. The number of piperidine rings is 1. The fraction of sp³-hybridized carbons (Fsp3) is 0.647. The number of carbonyl (C=O) groups excluding carboxylic acids is 1. The Bertz CT molecular complexity index is 691. The maximum absolute atomic E-state index is 12.0. The van der Waals surface area contributed by atoms with Crippen molar-refractivity contribution in [3.8, 4) is 0 Å². The molecule has 25 heavy (non-hydrogen) atoms. The molecule has 0 aromatic carbocycles. The van der Waals surface area contributed by atoms with Crippen molar-refractivity contribution in [1.82, 2.24) is 25.4 Å². The largest absolute Gasteiger partial charge is 0.424 e. The number of nitrogens with one attached hydrogen (secondary N) is 1. The number of carbonyl (C=O) groups is 1. The molecule has 1 fully saturated rings. The van der Waals surface area contributed by atoms with E-state index in [1.54, 1.807) is 11.3 Å². The first-order valence-corrected chi connectivity index (χ1v) is 9.65. The van der Waals surface area contributed by atoms with Crippen LogP contribution in [-0.2, 0) is 17.8 Å². The van der Waals surface area contributed by atoms with E-state index >= 15 is 0 Å². The molecule has 2 aromatic heterocycles. The van der Waals surface area contributed by atoms with Crippen LogP contribution in [0, 0.1) is 19.8 Å². The number of thiazole rings is 1. The van der Waals surface area contributed by atoms with Gasteiger partial charge in [0.25, 0.3) is 0 Å². The highest BCUT2D eigenvalue weighted by molar-refractivity contribution is 7.09. The molecule has 3 rings (SSSR count). The first-order chi connectivity index (χ1) is 12.1. The van der Waals surface area contributed by atoms with Crippen molar-refractivity contribution in [2.75, 3.05) is 19.6 Å². The van der Waals surface area contributed by atoms with Gasteiger partial charge in [-0.1, -0.05) is 0 Å². The van der Waals surface area contributed by atoms with Gasteiger partial charge in [-0.05, 0) is 45.2 Å². The molecule has 3 heterocycles. The van der Waals surface area contributed by atoms with Crippen LogP contribution in [0.4, 0.5) is 0 Å². The van der Waals surface area contributed by atoms with Crippen molar-refractivity contribution in [3.63, 3.8) is 0 Å². The highest BCUT2D eigenvalue weighted by atomic mass is 32.1. The molecule has 0 spiro atoms. The summed E-state index contributed by atoms with van der Waals surface area (Å²) in [4.78, 5) is 19.8. The van der Waals surface area contributed by atoms with E-state index in [1.807, 2.05) is 19.4 Å². The van der Waals surface area contributed by atoms with Crippen LogP contribution in [0.5, 0.6) is 0 Å². The number of hydrogen-bond donors (Lipinski definition) is 1. The Kier molecular flexibility index (Phi) is 6.14. The number of amides is 1. The molecule has 1 aliphatic heterocycles. The van der Waals surface area contributed by atoms with Crippen molar-refractivity contribution in [2.45, 2.75) is 46.1 Å². The standard InChI is InChI=1S/C17H25N5O2S/c1-12-15(25-11-19-12)3-4-16(23)18-9-14-5-7-22(8-6-14)10-17-21-20-13(2)24-17/h11,14H,3-10H2,1-2H3,(H,18,23). The third-order valence-corrected chi connectivity index (χ3v) is 5.64. The third-order valence-electron chi connectivity index (χ3n) is 4.65. The van der Waals surface area contributed by atoms with E-state index in [2.05, 4.69) is 25.4 Å². The average Bonchev–Trinajstić information content (AvgIpc) is 3.20. The second-order valence-electron chi connectivity index (χ2n) is 6.60. The highest BCUT2D eigenvalue weighted by Crippen LogP contribution is 2.18. The van der Waals surface area contributed by atoms with Gasteiger partial charge < -0.3 is 9.73 Å². The third kappa shape index (κ3) is 5.34. The minimum atomic E-state index is 0.136. The molecule has 8 heteroatoms. The number of likely N-dealkylation sites (tertiary alicyclic amines) is 1. The Balaban J connectivity index is 1.32. The molecule has 0 aliphatic carbocycles. The minimum absolute atomic E-state index is 0.136. The number of aryl methyl sites for hydroxylation is 3. The molecule has 0 atom stereocenters. The van der Waals surface area contributed by atoms with Gasteiger partial charge in [-0.2, -0.15) is 0 Å². The zero-order valence-electron chi connectivity index (χ0n) is 14.8. The van der Waals surface area contributed by atoms with Crippen LogP contribution in [0.1, 0.15) is 41.6 Å². The van der Waals surface area contributed by atoms with E-state index in [0.29, 0.717) is 30.7 Å². The highest BCUT2D eigenvalue weighted by Gasteiger charge is 2.21. The van der Waals surface area contributed by atoms with E-state index < -0.39 is 0 Å². The maximum atomic E-state index is 12.0. The molecular formula is C17H25N5O2S. The number of rotatable bonds is 7. The van der Waals surface area contributed by atoms with E-state index in [4.69, 9.17) is 4.42 Å². The second-order valence-corrected chi connectivity index (χ2v) is 7.54. The molecule has 0 bridgehead atoms. The lowest BCUT2D eigenvalue weighted by Crippen LogP contribution is -2.38. The Morgan fingerprint density at radius 2 is 2.16 bits per heavy atom. The molecule has 1 saturated heterocycles. The first kappa shape index (κ1) is 18.0. The predicted molar refractivity (Wildman–Crippen MR) is 95.2 cm³/mol. The monoisotopic (exact) mass is 363 g/mol. The fourth-order valence-corrected chi connectivity index (χ4v) is 3.86. The summed E-state index contributed by atoms with van der Waals surface area (Å²) in [6.07, 6.45) is 3.49. The summed E-state index contributed by atoms with van der Waals surface area (Å²) in [6, 6.07) is 0. The van der Waals surface area contributed by atoms with Crippen molar-refractivity contribution >= 4 is 17.2 Å². The van der Waals surface area contributed by atoms with Gasteiger partial charge in [-0.15, -0.1) is 21.5 Å². The molecule has 7 nitrogen and oxygen atoms in total. The van der Waals surface area contributed by atoms with Gasteiger partial charge in [-0.3, -0.25) is 9.69 Å². The van der Waals surface area contributed by atoms with E-state index in [1.165, 1.54) is 4.88 Å².